The van der Waals surface area contributed by atoms with Crippen LogP contribution in [0.25, 0.3) is 0 Å². The molecule has 8 heteroatoms. The van der Waals surface area contributed by atoms with E-state index in [1.165, 1.54) is 12.5 Å². The molecule has 1 aromatic heterocycles. The smallest absolute Gasteiger partial charge is 0.257 e. The summed E-state index contributed by atoms with van der Waals surface area (Å²) in [5, 5.41) is 3.24. The highest BCUT2D eigenvalue weighted by atomic mass is 16.5. The van der Waals surface area contributed by atoms with Crippen molar-refractivity contribution in [1.82, 2.24) is 15.1 Å². The quantitative estimate of drug-likeness (QED) is 0.619. The van der Waals surface area contributed by atoms with Gasteiger partial charge in [-0.1, -0.05) is 31.5 Å². The SMILES string of the molecule is CCCCN1C(=O)CC[C@@H](C(=O)NC2CCN(C(=O)c3ccoc3)CC2)[C@H]1c1ccccc1OC. The zero-order valence-electron chi connectivity index (χ0n) is 20.6. The van der Waals surface area contributed by atoms with Gasteiger partial charge in [0.2, 0.25) is 11.8 Å². The fourth-order valence-electron chi connectivity index (χ4n) is 5.22. The number of hydrogen-bond donors (Lipinski definition) is 1. The molecule has 3 heterocycles. The van der Waals surface area contributed by atoms with Crippen LogP contribution in [-0.2, 0) is 9.59 Å². The third-order valence-electron chi connectivity index (χ3n) is 7.15. The van der Waals surface area contributed by atoms with Gasteiger partial charge < -0.3 is 24.3 Å². The number of para-hydroxylation sites is 1. The van der Waals surface area contributed by atoms with Crippen LogP contribution in [0.2, 0.25) is 0 Å². The molecule has 0 bridgehead atoms. The van der Waals surface area contributed by atoms with Gasteiger partial charge in [0.05, 0.1) is 30.9 Å². The van der Waals surface area contributed by atoms with E-state index in [-0.39, 0.29) is 35.7 Å². The second-order valence-electron chi connectivity index (χ2n) is 9.36. The number of benzene rings is 1. The van der Waals surface area contributed by atoms with Gasteiger partial charge in [0, 0.05) is 37.7 Å². The molecule has 0 aliphatic carbocycles. The number of rotatable bonds is 8. The van der Waals surface area contributed by atoms with Crippen molar-refractivity contribution in [2.24, 2.45) is 5.92 Å². The van der Waals surface area contributed by atoms with Gasteiger partial charge in [-0.2, -0.15) is 0 Å². The van der Waals surface area contributed by atoms with E-state index in [1.807, 2.05) is 29.2 Å². The van der Waals surface area contributed by atoms with Crippen LogP contribution < -0.4 is 10.1 Å². The Labute approximate surface area is 206 Å². The van der Waals surface area contributed by atoms with Gasteiger partial charge in [-0.15, -0.1) is 0 Å². The van der Waals surface area contributed by atoms with Crippen molar-refractivity contribution >= 4 is 17.7 Å². The van der Waals surface area contributed by atoms with Crippen LogP contribution in [0, 0.1) is 5.92 Å². The average molecular weight is 482 g/mol. The fourth-order valence-corrected chi connectivity index (χ4v) is 5.22. The van der Waals surface area contributed by atoms with Gasteiger partial charge in [0.1, 0.15) is 12.0 Å². The van der Waals surface area contributed by atoms with Crippen LogP contribution in [0.4, 0.5) is 0 Å². The van der Waals surface area contributed by atoms with E-state index >= 15 is 0 Å². The van der Waals surface area contributed by atoms with E-state index in [4.69, 9.17) is 9.15 Å². The van der Waals surface area contributed by atoms with Crippen LogP contribution >= 0.6 is 0 Å². The topological polar surface area (TPSA) is 92.1 Å². The maximum atomic E-state index is 13.6. The normalized spacial score (nSPS) is 21.1. The number of carbonyl (C=O) groups excluding carboxylic acids is 3. The summed E-state index contributed by atoms with van der Waals surface area (Å²) < 4.78 is 10.6. The third-order valence-corrected chi connectivity index (χ3v) is 7.15. The number of nitrogens with one attached hydrogen (secondary N) is 1. The molecule has 188 valence electrons. The molecular weight excluding hydrogens is 446 g/mol. The zero-order valence-corrected chi connectivity index (χ0v) is 20.6. The number of ether oxygens (including phenoxy) is 1. The summed E-state index contributed by atoms with van der Waals surface area (Å²) in [6, 6.07) is 8.98. The molecule has 8 nitrogen and oxygen atoms in total. The number of likely N-dealkylation sites (tertiary alicyclic amines) is 2. The first-order valence-electron chi connectivity index (χ1n) is 12.6. The minimum Gasteiger partial charge on any atom is -0.496 e. The van der Waals surface area contributed by atoms with Crippen LogP contribution in [0.1, 0.15) is 67.4 Å². The number of methoxy groups -OCH3 is 1. The molecule has 0 radical (unpaired) electrons. The average Bonchev–Trinajstić information content (AvgIpc) is 3.43. The van der Waals surface area contributed by atoms with Gasteiger partial charge in [0.25, 0.3) is 5.91 Å². The maximum absolute atomic E-state index is 13.6. The summed E-state index contributed by atoms with van der Waals surface area (Å²) in [4.78, 5) is 42.8. The van der Waals surface area contributed by atoms with Crippen LogP contribution in [0.3, 0.4) is 0 Å². The molecule has 2 atom stereocenters. The Morgan fingerprint density at radius 2 is 1.91 bits per heavy atom. The van der Waals surface area contributed by atoms with Crippen molar-refractivity contribution < 1.29 is 23.5 Å². The number of carbonyl (C=O) groups is 3. The molecular formula is C27H35N3O5. The molecule has 0 unspecified atom stereocenters. The molecule has 35 heavy (non-hydrogen) atoms. The first-order chi connectivity index (χ1) is 17.0. The van der Waals surface area contributed by atoms with Crippen molar-refractivity contribution in [3.8, 4) is 5.75 Å². The first-order valence-corrected chi connectivity index (χ1v) is 12.6. The largest absolute Gasteiger partial charge is 0.496 e. The maximum Gasteiger partial charge on any atom is 0.257 e. The monoisotopic (exact) mass is 481 g/mol. The molecule has 0 saturated carbocycles. The molecule has 2 fully saturated rings. The molecule has 3 amide bonds. The highest BCUT2D eigenvalue weighted by Crippen LogP contribution is 2.41. The van der Waals surface area contributed by atoms with E-state index in [9.17, 15) is 14.4 Å². The van der Waals surface area contributed by atoms with Gasteiger partial charge in [-0.05, 0) is 37.8 Å². The van der Waals surface area contributed by atoms with Gasteiger partial charge in [-0.25, -0.2) is 0 Å². The second-order valence-corrected chi connectivity index (χ2v) is 9.36. The van der Waals surface area contributed by atoms with Crippen molar-refractivity contribution in [2.45, 2.75) is 57.5 Å². The Balaban J connectivity index is 1.47. The van der Waals surface area contributed by atoms with Gasteiger partial charge in [-0.3, -0.25) is 14.4 Å². The Hall–Kier alpha value is -3.29. The summed E-state index contributed by atoms with van der Waals surface area (Å²) in [7, 11) is 1.62. The lowest BCUT2D eigenvalue weighted by atomic mass is 9.82. The first kappa shape index (κ1) is 24.8. The Kier molecular flexibility index (Phi) is 8.10. The van der Waals surface area contributed by atoms with Crippen LogP contribution in [0.15, 0.2) is 47.3 Å². The molecule has 2 aromatic rings. The molecule has 1 aromatic carbocycles. The van der Waals surface area contributed by atoms with E-state index in [2.05, 4.69) is 12.2 Å². The van der Waals surface area contributed by atoms with Crippen LogP contribution in [0.5, 0.6) is 5.75 Å². The van der Waals surface area contributed by atoms with Gasteiger partial charge in [0.15, 0.2) is 0 Å². The molecule has 0 spiro atoms. The molecule has 1 N–H and O–H groups in total. The van der Waals surface area contributed by atoms with E-state index in [1.54, 1.807) is 18.1 Å². The standard InChI is InChI=1S/C27H35N3O5/c1-3-4-14-30-24(31)10-9-22(25(30)21-7-5-6-8-23(21)34-2)26(32)28-20-11-15-29(16-12-20)27(33)19-13-17-35-18-19/h5-8,13,17-18,20,22,25H,3-4,9-12,14-16H2,1-2H3,(H,28,32)/t22-,25-/m1/s1. The summed E-state index contributed by atoms with van der Waals surface area (Å²) in [6.45, 7) is 3.88. The number of hydrogen-bond acceptors (Lipinski definition) is 5. The number of amides is 3. The molecule has 2 aliphatic rings. The lowest BCUT2D eigenvalue weighted by molar-refractivity contribution is -0.143. The number of unbranched alkanes of at least 4 members (excludes halogenated alkanes) is 1. The zero-order chi connectivity index (χ0) is 24.8. The molecule has 2 saturated heterocycles. The predicted octanol–water partition coefficient (Wildman–Crippen LogP) is 3.79. The Morgan fingerprint density at radius 1 is 1.14 bits per heavy atom. The van der Waals surface area contributed by atoms with Crippen molar-refractivity contribution in [1.29, 1.82) is 0 Å². The summed E-state index contributed by atoms with van der Waals surface area (Å²) in [5.41, 5.74) is 1.42. The highest BCUT2D eigenvalue weighted by Gasteiger charge is 2.42. The van der Waals surface area contributed by atoms with Gasteiger partial charge >= 0.3 is 0 Å². The number of piperidine rings is 2. The highest BCUT2D eigenvalue weighted by molar-refractivity contribution is 5.94. The second kappa shape index (κ2) is 11.4. The predicted molar refractivity (Wildman–Crippen MR) is 131 cm³/mol. The van der Waals surface area contributed by atoms with E-state index in [0.29, 0.717) is 56.6 Å². The molecule has 4 rings (SSSR count). The van der Waals surface area contributed by atoms with Crippen molar-refractivity contribution in [2.75, 3.05) is 26.7 Å². The summed E-state index contributed by atoms with van der Waals surface area (Å²) in [6.07, 6.45) is 7.07. The Morgan fingerprint density at radius 3 is 2.60 bits per heavy atom. The summed E-state index contributed by atoms with van der Waals surface area (Å²) in [5.74, 6) is 0.347. The van der Waals surface area contributed by atoms with Crippen molar-refractivity contribution in [3.63, 3.8) is 0 Å². The lowest BCUT2D eigenvalue weighted by Gasteiger charge is -2.42. The Bertz CT molecular complexity index is 1010. The van der Waals surface area contributed by atoms with E-state index < -0.39 is 0 Å². The minimum absolute atomic E-state index is 0.00376. The molecule has 2 aliphatic heterocycles. The number of furan rings is 1. The number of nitrogens with zero attached hydrogens (tertiary/aromatic N) is 2. The third kappa shape index (κ3) is 5.52. The lowest BCUT2D eigenvalue weighted by Crippen LogP contribution is -2.52. The van der Waals surface area contributed by atoms with E-state index in [0.717, 1.165) is 18.4 Å². The summed E-state index contributed by atoms with van der Waals surface area (Å²) >= 11 is 0. The minimum atomic E-state index is -0.360. The fraction of sp³-hybridized carbons (Fsp3) is 0.519. The van der Waals surface area contributed by atoms with Crippen molar-refractivity contribution in [3.05, 3.63) is 54.0 Å². The van der Waals surface area contributed by atoms with Crippen LogP contribution in [-0.4, -0.2) is 60.3 Å².